The van der Waals surface area contributed by atoms with Gasteiger partial charge in [-0.25, -0.2) is 4.39 Å². The molecule has 0 aromatic heterocycles. The molecular weight excluding hydrogens is 696 g/mol. The fourth-order valence-corrected chi connectivity index (χ4v) is 8.76. The first-order valence-corrected chi connectivity index (χ1v) is 19.1. The molecule has 282 valence electrons. The van der Waals surface area contributed by atoms with Crippen LogP contribution in [0.3, 0.4) is 0 Å². The number of phenols is 1. The lowest BCUT2D eigenvalue weighted by Gasteiger charge is -2.36. The Balaban J connectivity index is 0.869. The highest BCUT2D eigenvalue weighted by molar-refractivity contribution is 6.05. The molecule has 0 aliphatic carbocycles. The average molecular weight is 741 g/mol. The van der Waals surface area contributed by atoms with E-state index in [1.165, 1.54) is 0 Å². The summed E-state index contributed by atoms with van der Waals surface area (Å²) >= 11 is 0. The molecule has 2 saturated heterocycles. The smallest absolute Gasteiger partial charge is 0.255 e. The van der Waals surface area contributed by atoms with Crippen molar-refractivity contribution in [2.75, 3.05) is 44.7 Å². The number of piperidine rings is 2. The van der Waals surface area contributed by atoms with Crippen LogP contribution in [0.15, 0.2) is 78.9 Å². The number of aryl methyl sites for hydroxylation is 1. The van der Waals surface area contributed by atoms with Crippen molar-refractivity contribution in [1.29, 1.82) is 0 Å². The lowest BCUT2D eigenvalue weighted by Crippen LogP contribution is -2.52. The Bertz CT molecular complexity index is 2220. The molecule has 4 aliphatic heterocycles. The molecule has 0 saturated carbocycles. The molecule has 4 heterocycles. The molecule has 0 spiro atoms. The van der Waals surface area contributed by atoms with Gasteiger partial charge in [-0.1, -0.05) is 53.8 Å². The minimum absolute atomic E-state index is 0.00322. The first-order valence-electron chi connectivity index (χ1n) is 19.1. The van der Waals surface area contributed by atoms with Gasteiger partial charge in [0.15, 0.2) is 0 Å². The minimum atomic E-state index is -0.636. The number of aromatic hydroxyl groups is 1. The number of hydrogen-bond donors (Lipinski definition) is 2. The van der Waals surface area contributed by atoms with Crippen molar-refractivity contribution in [3.63, 3.8) is 0 Å². The number of benzene rings is 4. The maximum atomic E-state index is 16.1. The third-order valence-electron chi connectivity index (χ3n) is 11.6. The zero-order chi connectivity index (χ0) is 38.2. The van der Waals surface area contributed by atoms with Gasteiger partial charge in [-0.15, -0.1) is 0 Å². The van der Waals surface area contributed by atoms with E-state index in [-0.39, 0.29) is 41.6 Å². The number of rotatable bonds is 7. The summed E-state index contributed by atoms with van der Waals surface area (Å²) in [6, 6.07) is 24.2. The van der Waals surface area contributed by atoms with Gasteiger partial charge >= 0.3 is 0 Å². The summed E-state index contributed by atoms with van der Waals surface area (Å²) in [5, 5.41) is 12.5. The Morgan fingerprint density at radius 2 is 1.80 bits per heavy atom. The summed E-state index contributed by atoms with van der Waals surface area (Å²) in [5.74, 6) is 6.51. The van der Waals surface area contributed by atoms with Gasteiger partial charge in [-0.3, -0.25) is 24.6 Å². The number of nitrogens with one attached hydrogen (secondary N) is 1. The Kier molecular flexibility index (Phi) is 10.1. The van der Waals surface area contributed by atoms with E-state index in [0.29, 0.717) is 49.0 Å². The van der Waals surface area contributed by atoms with Gasteiger partial charge in [0.05, 0.1) is 18.8 Å². The summed E-state index contributed by atoms with van der Waals surface area (Å²) < 4.78 is 22.2. The summed E-state index contributed by atoms with van der Waals surface area (Å²) in [5.41, 5.74) is 7.01. The normalized spacial score (nSPS) is 21.1. The number of carbonyl (C=O) groups is 3. The van der Waals surface area contributed by atoms with Gasteiger partial charge in [0.1, 0.15) is 23.4 Å². The molecule has 55 heavy (non-hydrogen) atoms. The Morgan fingerprint density at radius 1 is 0.964 bits per heavy atom. The first kappa shape index (κ1) is 36.3. The van der Waals surface area contributed by atoms with Crippen LogP contribution >= 0.6 is 0 Å². The van der Waals surface area contributed by atoms with Gasteiger partial charge in [0, 0.05) is 67.2 Å². The van der Waals surface area contributed by atoms with Gasteiger partial charge in [0.2, 0.25) is 11.8 Å². The molecule has 4 aliphatic rings. The quantitative estimate of drug-likeness (QED) is 0.174. The number of halogens is 1. The molecule has 3 unspecified atom stereocenters. The molecule has 10 heteroatoms. The lowest BCUT2D eigenvalue weighted by molar-refractivity contribution is -0.136. The van der Waals surface area contributed by atoms with Crippen molar-refractivity contribution >= 4 is 23.4 Å². The van der Waals surface area contributed by atoms with E-state index in [0.717, 1.165) is 65.9 Å². The maximum Gasteiger partial charge on any atom is 0.255 e. The summed E-state index contributed by atoms with van der Waals surface area (Å²) in [7, 11) is 2.07. The highest BCUT2D eigenvalue weighted by Gasteiger charge is 2.39. The molecule has 0 bridgehead atoms. The van der Waals surface area contributed by atoms with Crippen LogP contribution in [-0.2, 0) is 16.1 Å². The van der Waals surface area contributed by atoms with Crippen LogP contribution < -0.4 is 15.0 Å². The van der Waals surface area contributed by atoms with Crippen LogP contribution in [-0.4, -0.2) is 78.5 Å². The standard InChI is InChI=1S/C45H45FN4O5/c1-28-5-3-7-31(21-28)37-27-55-41-24-34(51)10-12-36(41)43(37)32-9-13-39(38(46)23-32)49-19-16-30(17-20-49)25-48(2)18-4-6-29-8-11-35-33(22-29)26-50(45(35)54)40-14-15-42(52)47-44(40)53/h3,5,7-13,21-24,30,37,40,43,51H,14-20,25-27H2,1-2H3,(H,47,52,53). The molecular formula is C45H45FN4O5. The van der Waals surface area contributed by atoms with Crippen LogP contribution in [0.1, 0.15) is 81.3 Å². The number of amides is 3. The molecule has 9 nitrogen and oxygen atoms in total. The van der Waals surface area contributed by atoms with E-state index in [9.17, 15) is 19.5 Å². The van der Waals surface area contributed by atoms with Crippen LogP contribution in [0, 0.1) is 30.5 Å². The second kappa shape index (κ2) is 15.2. The van der Waals surface area contributed by atoms with Crippen molar-refractivity contribution in [2.24, 2.45) is 5.92 Å². The van der Waals surface area contributed by atoms with E-state index >= 15 is 4.39 Å². The number of carbonyl (C=O) groups excluding carboxylic acids is 3. The molecule has 4 aromatic rings. The van der Waals surface area contributed by atoms with Crippen molar-refractivity contribution in [2.45, 2.75) is 57.0 Å². The molecule has 3 atom stereocenters. The number of nitrogens with zero attached hydrogens (tertiary/aromatic N) is 3. The third-order valence-corrected chi connectivity index (χ3v) is 11.6. The van der Waals surface area contributed by atoms with Crippen molar-refractivity contribution < 1.29 is 28.6 Å². The number of hydrogen-bond acceptors (Lipinski definition) is 7. The number of ether oxygens (including phenoxy) is 1. The van der Waals surface area contributed by atoms with Gasteiger partial charge in [-0.05, 0) is 92.2 Å². The fraction of sp³-hybridized carbons (Fsp3) is 0.356. The van der Waals surface area contributed by atoms with Gasteiger partial charge < -0.3 is 19.6 Å². The van der Waals surface area contributed by atoms with Crippen molar-refractivity contribution in [1.82, 2.24) is 15.1 Å². The largest absolute Gasteiger partial charge is 0.508 e. The number of imide groups is 1. The Hall–Kier alpha value is -5.66. The molecule has 0 radical (unpaired) electrons. The second-order valence-corrected chi connectivity index (χ2v) is 15.4. The summed E-state index contributed by atoms with van der Waals surface area (Å²) in [6.07, 6.45) is 2.47. The predicted octanol–water partition coefficient (Wildman–Crippen LogP) is 6.11. The SMILES string of the molecule is Cc1cccc(C2COc3cc(O)ccc3C2c2ccc(N3CCC(CN(C)CC#Cc4ccc5c(c4)CN(C4CCC(=O)NC4=O)C5=O)CC3)c(F)c2)c1. The highest BCUT2D eigenvalue weighted by atomic mass is 19.1. The fourth-order valence-electron chi connectivity index (χ4n) is 8.76. The maximum absolute atomic E-state index is 16.1. The van der Waals surface area contributed by atoms with Crippen LogP contribution in [0.5, 0.6) is 11.5 Å². The lowest BCUT2D eigenvalue weighted by atomic mass is 9.75. The van der Waals surface area contributed by atoms with E-state index < -0.39 is 11.9 Å². The molecule has 2 N–H and O–H groups in total. The molecule has 4 aromatic carbocycles. The average Bonchev–Trinajstić information content (AvgIpc) is 3.49. The summed E-state index contributed by atoms with van der Waals surface area (Å²) in [4.78, 5) is 42.9. The van der Waals surface area contributed by atoms with E-state index in [1.807, 2.05) is 24.3 Å². The van der Waals surface area contributed by atoms with Crippen LogP contribution in [0.25, 0.3) is 0 Å². The van der Waals surface area contributed by atoms with Gasteiger partial charge in [-0.2, -0.15) is 0 Å². The third kappa shape index (κ3) is 7.54. The molecule has 3 amide bonds. The van der Waals surface area contributed by atoms with Gasteiger partial charge in [0.25, 0.3) is 5.91 Å². The van der Waals surface area contributed by atoms with Crippen LogP contribution in [0.4, 0.5) is 10.1 Å². The number of phenolic OH excluding ortho intramolecular Hbond substituents is 1. The second-order valence-electron chi connectivity index (χ2n) is 15.4. The van der Waals surface area contributed by atoms with E-state index in [2.05, 4.69) is 71.3 Å². The monoisotopic (exact) mass is 740 g/mol. The van der Waals surface area contributed by atoms with Crippen LogP contribution in [0.2, 0.25) is 0 Å². The van der Waals surface area contributed by atoms with Crippen molar-refractivity contribution in [3.05, 3.63) is 124 Å². The van der Waals surface area contributed by atoms with E-state index in [4.69, 9.17) is 4.74 Å². The Morgan fingerprint density at radius 3 is 2.58 bits per heavy atom. The molecule has 8 rings (SSSR count). The van der Waals surface area contributed by atoms with E-state index in [1.54, 1.807) is 29.2 Å². The predicted molar refractivity (Wildman–Crippen MR) is 208 cm³/mol. The number of anilines is 1. The minimum Gasteiger partial charge on any atom is -0.508 e. The first-order chi connectivity index (χ1) is 26.6. The zero-order valence-corrected chi connectivity index (χ0v) is 31.2. The summed E-state index contributed by atoms with van der Waals surface area (Å²) in [6.45, 7) is 5.86. The van der Waals surface area contributed by atoms with Crippen molar-refractivity contribution in [3.8, 4) is 23.3 Å². The Labute approximate surface area is 321 Å². The topological polar surface area (TPSA) is 102 Å². The zero-order valence-electron chi connectivity index (χ0n) is 31.2. The molecule has 2 fully saturated rings. The number of fused-ring (bicyclic) bond motifs is 2. The highest BCUT2D eigenvalue weighted by Crippen LogP contribution is 2.47.